The number of anilines is 1. The van der Waals surface area contributed by atoms with Crippen molar-refractivity contribution in [2.75, 3.05) is 5.32 Å². The molecular weight excluding hydrogens is 474 g/mol. The largest absolute Gasteiger partial charge is 0.382 e. The minimum Gasteiger partial charge on any atom is -0.382 e. The van der Waals surface area contributed by atoms with Gasteiger partial charge in [-0.1, -0.05) is 17.7 Å². The second-order valence-corrected chi connectivity index (χ2v) is 8.99. The quantitative estimate of drug-likeness (QED) is 0.317. The van der Waals surface area contributed by atoms with Crippen LogP contribution in [0.5, 0.6) is 0 Å². The first-order chi connectivity index (χ1) is 16.5. The lowest BCUT2D eigenvalue weighted by Crippen LogP contribution is -2.19. The maximum absolute atomic E-state index is 15.0. The number of aliphatic hydroxyl groups is 1. The van der Waals surface area contributed by atoms with Gasteiger partial charge in [0.25, 0.3) is 0 Å². The summed E-state index contributed by atoms with van der Waals surface area (Å²) >= 11 is 6.56. The number of pyridine rings is 2. The molecule has 0 spiro atoms. The van der Waals surface area contributed by atoms with Crippen LogP contribution in [0, 0.1) is 25.1 Å². The van der Waals surface area contributed by atoms with E-state index in [0.717, 1.165) is 0 Å². The molecule has 3 heterocycles. The third-order valence-corrected chi connectivity index (χ3v) is 5.89. The summed E-state index contributed by atoms with van der Waals surface area (Å²) in [6.07, 6.45) is 2.75. The molecule has 7 nitrogen and oxygen atoms in total. The Hall–Kier alpha value is -3.74. The van der Waals surface area contributed by atoms with Gasteiger partial charge in [-0.15, -0.1) is 0 Å². The lowest BCUT2D eigenvalue weighted by atomic mass is 10.1. The van der Waals surface area contributed by atoms with Gasteiger partial charge in [0, 0.05) is 24.0 Å². The van der Waals surface area contributed by atoms with Gasteiger partial charge < -0.3 is 10.4 Å². The number of aromatic nitrogens is 4. The molecule has 1 aromatic carbocycles. The Morgan fingerprint density at radius 1 is 1.11 bits per heavy atom. The van der Waals surface area contributed by atoms with Crippen molar-refractivity contribution in [1.82, 2.24) is 19.9 Å². The summed E-state index contributed by atoms with van der Waals surface area (Å²) in [6, 6.07) is 4.75. The monoisotopic (exact) mass is 494 g/mol. The summed E-state index contributed by atoms with van der Waals surface area (Å²) in [4.78, 5) is 20.4. The molecule has 4 rings (SSSR count). The molecule has 0 unspecified atom stereocenters. The zero-order chi connectivity index (χ0) is 25.5. The van der Waals surface area contributed by atoms with Crippen LogP contribution in [0.2, 0.25) is 5.02 Å². The number of nitrogens with zero attached hydrogens (tertiary/aromatic N) is 5. The molecule has 0 aliphatic rings. The number of fused-ring (bicyclic) bond motifs is 1. The number of benzene rings is 1. The van der Waals surface area contributed by atoms with Crippen LogP contribution < -0.4 is 5.32 Å². The summed E-state index contributed by atoms with van der Waals surface area (Å²) < 4.78 is 29.6. The van der Waals surface area contributed by atoms with Crippen molar-refractivity contribution in [2.45, 2.75) is 39.3 Å². The van der Waals surface area contributed by atoms with Crippen LogP contribution >= 0.6 is 11.6 Å². The highest BCUT2D eigenvalue weighted by Gasteiger charge is 2.22. The average molecular weight is 495 g/mol. The van der Waals surface area contributed by atoms with Gasteiger partial charge in [0.15, 0.2) is 17.3 Å². The topological polar surface area (TPSA) is 88.2 Å². The Balaban J connectivity index is 1.83. The minimum absolute atomic E-state index is 0.0293. The fraction of sp³-hybridized carbons (Fsp3) is 0.240. The Morgan fingerprint density at radius 3 is 2.43 bits per heavy atom. The molecule has 178 valence electrons. The average Bonchev–Trinajstić information content (AvgIpc) is 2.81. The van der Waals surface area contributed by atoms with Gasteiger partial charge in [-0.25, -0.2) is 33.6 Å². The predicted molar refractivity (Wildman–Crippen MR) is 130 cm³/mol. The fourth-order valence-electron chi connectivity index (χ4n) is 3.59. The van der Waals surface area contributed by atoms with Gasteiger partial charge in [-0.05, 0) is 45.4 Å². The Kier molecular flexibility index (Phi) is 6.36. The second kappa shape index (κ2) is 9.13. The van der Waals surface area contributed by atoms with Gasteiger partial charge in [-0.2, -0.15) is 0 Å². The van der Waals surface area contributed by atoms with Crippen LogP contribution in [-0.4, -0.2) is 25.0 Å². The van der Waals surface area contributed by atoms with Gasteiger partial charge in [0.05, 0.1) is 34.5 Å². The van der Waals surface area contributed by atoms with Crippen LogP contribution in [0.1, 0.15) is 43.9 Å². The molecule has 0 aliphatic carbocycles. The van der Waals surface area contributed by atoms with Gasteiger partial charge in [-0.3, -0.25) is 0 Å². The Morgan fingerprint density at radius 2 is 1.80 bits per heavy atom. The first-order valence-electron chi connectivity index (χ1n) is 10.6. The van der Waals surface area contributed by atoms with Crippen molar-refractivity contribution >= 4 is 34.0 Å². The van der Waals surface area contributed by atoms with E-state index in [2.05, 4.69) is 30.1 Å². The van der Waals surface area contributed by atoms with Crippen molar-refractivity contribution in [3.8, 4) is 11.3 Å². The van der Waals surface area contributed by atoms with E-state index in [-0.39, 0.29) is 33.1 Å². The molecule has 0 amide bonds. The predicted octanol–water partition coefficient (Wildman–Crippen LogP) is 6.28. The summed E-state index contributed by atoms with van der Waals surface area (Å²) in [6.45, 7) is 13.7. The third kappa shape index (κ3) is 4.76. The molecule has 0 aliphatic heterocycles. The molecule has 0 saturated carbocycles. The van der Waals surface area contributed by atoms with Crippen LogP contribution in [0.3, 0.4) is 0 Å². The second-order valence-electron chi connectivity index (χ2n) is 8.61. The molecule has 3 aromatic heterocycles. The summed E-state index contributed by atoms with van der Waals surface area (Å²) in [5, 5.41) is 13.5. The number of nitrogens with one attached hydrogen (secondary N) is 1. The van der Waals surface area contributed by atoms with Gasteiger partial charge >= 0.3 is 0 Å². The zero-order valence-electron chi connectivity index (χ0n) is 19.4. The number of halogens is 3. The van der Waals surface area contributed by atoms with E-state index in [1.165, 1.54) is 36.7 Å². The van der Waals surface area contributed by atoms with Gasteiger partial charge in [0.2, 0.25) is 0 Å². The van der Waals surface area contributed by atoms with Gasteiger partial charge in [0.1, 0.15) is 22.6 Å². The Bertz CT molecular complexity index is 1480. The Labute approximate surface area is 205 Å². The fourth-order valence-corrected chi connectivity index (χ4v) is 3.78. The minimum atomic E-state index is -1.25. The number of hydrogen-bond donors (Lipinski definition) is 2. The highest BCUT2D eigenvalue weighted by molar-refractivity contribution is 6.35. The van der Waals surface area contributed by atoms with Crippen LogP contribution in [-0.2, 0) is 5.60 Å². The molecule has 0 radical (unpaired) electrons. The van der Waals surface area contributed by atoms with E-state index in [0.29, 0.717) is 22.6 Å². The summed E-state index contributed by atoms with van der Waals surface area (Å²) in [7, 11) is 0. The number of aryl methyl sites for hydroxylation is 1. The maximum Gasteiger partial charge on any atom is 0.187 e. The first kappa shape index (κ1) is 24.4. The highest BCUT2D eigenvalue weighted by atomic mass is 35.5. The smallest absolute Gasteiger partial charge is 0.187 e. The molecule has 1 atom stereocenters. The van der Waals surface area contributed by atoms with Crippen LogP contribution in [0.4, 0.5) is 20.2 Å². The van der Waals surface area contributed by atoms with E-state index in [4.69, 9.17) is 18.2 Å². The van der Waals surface area contributed by atoms with Crippen LogP contribution in [0.15, 0.2) is 36.7 Å². The van der Waals surface area contributed by atoms with E-state index >= 15 is 4.39 Å². The van der Waals surface area contributed by atoms with Crippen molar-refractivity contribution < 1.29 is 13.9 Å². The SMILES string of the molecule is [C-]#[N+]c1ccc(F)c([C@@H](C)Nc2c(Cl)c(C)nc3cc(F)c(-c4cnc(C(C)(C)O)nc4)nc23)c1. The number of hydrogen-bond acceptors (Lipinski definition) is 6. The van der Waals surface area contributed by atoms with E-state index in [1.54, 1.807) is 27.7 Å². The molecule has 0 bridgehead atoms. The molecule has 0 saturated heterocycles. The van der Waals surface area contributed by atoms with Crippen molar-refractivity contribution in [3.63, 3.8) is 0 Å². The summed E-state index contributed by atoms with van der Waals surface area (Å²) in [5.74, 6) is -0.934. The lowest BCUT2D eigenvalue weighted by Gasteiger charge is -2.20. The summed E-state index contributed by atoms with van der Waals surface area (Å²) in [5.41, 5.74) is 0.909. The molecule has 0 fully saturated rings. The van der Waals surface area contributed by atoms with Crippen molar-refractivity contribution in [1.29, 1.82) is 0 Å². The third-order valence-electron chi connectivity index (χ3n) is 5.43. The molecule has 4 aromatic rings. The van der Waals surface area contributed by atoms with Crippen molar-refractivity contribution in [2.24, 2.45) is 0 Å². The normalized spacial score (nSPS) is 12.4. The van der Waals surface area contributed by atoms with E-state index in [1.807, 2.05) is 0 Å². The zero-order valence-corrected chi connectivity index (χ0v) is 20.1. The molecule has 35 heavy (non-hydrogen) atoms. The standard InChI is InChI=1S/C25H21ClF2N6O/c1-12(16-8-15(29-5)6-7-17(16)27)33-23-20(26)13(2)32-19-9-18(28)21(34-22(19)23)14-10-30-24(31-11-14)25(3,4)35/h6-12,35H,1-4H3,(H,32,33)/t12-/m1/s1. The lowest BCUT2D eigenvalue weighted by molar-refractivity contribution is 0.0687. The maximum atomic E-state index is 15.0. The number of rotatable bonds is 5. The van der Waals surface area contributed by atoms with E-state index < -0.39 is 23.3 Å². The van der Waals surface area contributed by atoms with Crippen LogP contribution in [0.25, 0.3) is 27.1 Å². The molecule has 10 heteroatoms. The van der Waals surface area contributed by atoms with Crippen molar-refractivity contribution in [3.05, 3.63) is 81.8 Å². The molecular formula is C25H21ClF2N6O. The first-order valence-corrected chi connectivity index (χ1v) is 11.0. The van der Waals surface area contributed by atoms with E-state index in [9.17, 15) is 9.50 Å². The molecule has 2 N–H and O–H groups in total. The highest BCUT2D eigenvalue weighted by Crippen LogP contribution is 2.37.